The fourth-order valence-electron chi connectivity index (χ4n) is 4.98. The van der Waals surface area contributed by atoms with Crippen molar-refractivity contribution in [3.05, 3.63) is 80.2 Å². The zero-order chi connectivity index (χ0) is 23.5. The smallest absolute Gasteiger partial charge is 0.291 e. The summed E-state index contributed by atoms with van der Waals surface area (Å²) in [7, 11) is 0. The normalized spacial score (nSPS) is 20.6. The molecule has 2 aromatic carbocycles. The summed E-state index contributed by atoms with van der Waals surface area (Å²) < 4.78 is 12.0. The Labute approximate surface area is 194 Å². The molecule has 5 heteroatoms. The van der Waals surface area contributed by atoms with Gasteiger partial charge in [0.15, 0.2) is 5.43 Å². The van der Waals surface area contributed by atoms with E-state index in [1.54, 1.807) is 4.90 Å². The molecule has 2 aliphatic heterocycles. The van der Waals surface area contributed by atoms with Gasteiger partial charge in [-0.25, -0.2) is 0 Å². The molecule has 1 saturated heterocycles. The zero-order valence-electron chi connectivity index (χ0n) is 20.0. The van der Waals surface area contributed by atoms with Gasteiger partial charge in [-0.15, -0.1) is 0 Å². The lowest BCUT2D eigenvalue weighted by Crippen LogP contribution is -2.36. The molecule has 33 heavy (non-hydrogen) atoms. The molecule has 1 amide bonds. The number of ether oxygens (including phenoxy) is 1. The van der Waals surface area contributed by atoms with Crippen molar-refractivity contribution < 1.29 is 13.9 Å². The van der Waals surface area contributed by atoms with Crippen LogP contribution in [0.5, 0.6) is 0 Å². The number of hydrogen-bond acceptors (Lipinski definition) is 4. The summed E-state index contributed by atoms with van der Waals surface area (Å²) in [6.45, 7) is 11.6. The molecular formula is C28H31NO4. The first-order chi connectivity index (χ1) is 15.6. The standard InChI is InChI=1S/C28H31NO4/c1-16-13-21-22(14-17(16)2)33-26-23(25(21)30)24(18-8-10-19(11-9-18)28(3,4)5)29(27(26)31)15-20-7-6-12-32-20/h8-11,13-14,20,24H,6-7,12,15H2,1-5H3/t20-,24+/m1/s1. The van der Waals surface area contributed by atoms with Gasteiger partial charge in [-0.1, -0.05) is 45.0 Å². The molecule has 0 spiro atoms. The van der Waals surface area contributed by atoms with Crippen LogP contribution in [0.4, 0.5) is 0 Å². The quantitative estimate of drug-likeness (QED) is 0.539. The molecule has 0 radical (unpaired) electrons. The molecule has 3 aromatic rings. The van der Waals surface area contributed by atoms with Crippen LogP contribution >= 0.6 is 0 Å². The van der Waals surface area contributed by atoms with E-state index in [1.807, 2.05) is 38.1 Å². The van der Waals surface area contributed by atoms with Crippen LogP contribution in [0.2, 0.25) is 0 Å². The Bertz CT molecular complexity index is 1290. The van der Waals surface area contributed by atoms with Crippen molar-refractivity contribution in [2.45, 2.75) is 65.0 Å². The van der Waals surface area contributed by atoms with E-state index in [-0.39, 0.29) is 28.6 Å². The Kier molecular flexibility index (Phi) is 5.20. The fraction of sp³-hybridized carbons (Fsp3) is 0.429. The third-order valence-electron chi connectivity index (χ3n) is 7.10. The van der Waals surface area contributed by atoms with Crippen LogP contribution in [0.15, 0.2) is 45.6 Å². The molecule has 5 rings (SSSR count). The number of carbonyl (C=O) groups is 1. The Morgan fingerprint density at radius 2 is 1.73 bits per heavy atom. The summed E-state index contributed by atoms with van der Waals surface area (Å²) in [4.78, 5) is 29.1. The third-order valence-corrected chi connectivity index (χ3v) is 7.10. The Hall–Kier alpha value is -2.92. The van der Waals surface area contributed by atoms with Gasteiger partial charge in [0, 0.05) is 13.2 Å². The van der Waals surface area contributed by atoms with Gasteiger partial charge in [0.2, 0.25) is 5.76 Å². The maximum Gasteiger partial charge on any atom is 0.291 e. The molecule has 0 aliphatic carbocycles. The summed E-state index contributed by atoms with van der Waals surface area (Å²) in [6, 6.07) is 11.5. The van der Waals surface area contributed by atoms with Crippen molar-refractivity contribution in [3.63, 3.8) is 0 Å². The van der Waals surface area contributed by atoms with Crippen LogP contribution in [0.3, 0.4) is 0 Å². The van der Waals surface area contributed by atoms with Gasteiger partial charge in [0.05, 0.1) is 23.1 Å². The Morgan fingerprint density at radius 3 is 2.36 bits per heavy atom. The van der Waals surface area contributed by atoms with E-state index in [2.05, 4.69) is 32.9 Å². The number of nitrogens with zero attached hydrogens (tertiary/aromatic N) is 1. The van der Waals surface area contributed by atoms with E-state index in [0.29, 0.717) is 29.7 Å². The number of carbonyl (C=O) groups excluding carboxylic acids is 1. The monoisotopic (exact) mass is 445 g/mol. The second kappa shape index (κ2) is 7.84. The molecule has 2 aliphatic rings. The van der Waals surface area contributed by atoms with Gasteiger partial charge in [-0.3, -0.25) is 9.59 Å². The number of benzene rings is 2. The van der Waals surface area contributed by atoms with E-state index in [1.165, 1.54) is 5.56 Å². The largest absolute Gasteiger partial charge is 0.450 e. The van der Waals surface area contributed by atoms with Gasteiger partial charge in [-0.05, 0) is 66.5 Å². The van der Waals surface area contributed by atoms with E-state index in [0.717, 1.165) is 29.5 Å². The number of rotatable bonds is 3. The average molecular weight is 446 g/mol. The van der Waals surface area contributed by atoms with Crippen LogP contribution in [0.25, 0.3) is 11.0 Å². The van der Waals surface area contributed by atoms with Crippen LogP contribution in [0.1, 0.15) is 78.0 Å². The molecule has 1 fully saturated rings. The Morgan fingerprint density at radius 1 is 1.03 bits per heavy atom. The molecule has 5 nitrogen and oxygen atoms in total. The maximum absolute atomic E-state index is 13.8. The second-order valence-corrected chi connectivity index (χ2v) is 10.5. The lowest BCUT2D eigenvalue weighted by atomic mass is 9.86. The molecule has 0 unspecified atom stereocenters. The highest BCUT2D eigenvalue weighted by atomic mass is 16.5. The molecule has 0 saturated carbocycles. The topological polar surface area (TPSA) is 59.8 Å². The highest BCUT2D eigenvalue weighted by Gasteiger charge is 2.44. The van der Waals surface area contributed by atoms with Crippen LogP contribution in [-0.2, 0) is 10.2 Å². The average Bonchev–Trinajstić information content (AvgIpc) is 3.37. The number of amides is 1. The van der Waals surface area contributed by atoms with E-state index < -0.39 is 6.04 Å². The van der Waals surface area contributed by atoms with Crippen molar-refractivity contribution in [1.29, 1.82) is 0 Å². The third kappa shape index (κ3) is 3.68. The summed E-state index contributed by atoms with van der Waals surface area (Å²) >= 11 is 0. The highest BCUT2D eigenvalue weighted by molar-refractivity contribution is 5.99. The molecule has 2 atom stereocenters. The van der Waals surface area contributed by atoms with Gasteiger partial charge < -0.3 is 14.1 Å². The van der Waals surface area contributed by atoms with Crippen molar-refractivity contribution in [2.24, 2.45) is 0 Å². The van der Waals surface area contributed by atoms with Crippen molar-refractivity contribution in [1.82, 2.24) is 4.90 Å². The van der Waals surface area contributed by atoms with E-state index >= 15 is 0 Å². The minimum absolute atomic E-state index is 0.0178. The van der Waals surface area contributed by atoms with Gasteiger partial charge in [-0.2, -0.15) is 0 Å². The minimum atomic E-state index is -0.479. The number of hydrogen-bond donors (Lipinski definition) is 0. The Balaban J connectivity index is 1.69. The molecule has 3 heterocycles. The maximum atomic E-state index is 13.8. The minimum Gasteiger partial charge on any atom is -0.450 e. The predicted octanol–water partition coefficient (Wildman–Crippen LogP) is 5.43. The lowest BCUT2D eigenvalue weighted by Gasteiger charge is -2.28. The number of fused-ring (bicyclic) bond motifs is 2. The van der Waals surface area contributed by atoms with Gasteiger partial charge in [0.25, 0.3) is 5.91 Å². The molecular weight excluding hydrogens is 414 g/mol. The highest BCUT2D eigenvalue weighted by Crippen LogP contribution is 2.39. The van der Waals surface area contributed by atoms with Gasteiger partial charge >= 0.3 is 0 Å². The predicted molar refractivity (Wildman–Crippen MR) is 129 cm³/mol. The lowest BCUT2D eigenvalue weighted by molar-refractivity contribution is 0.0486. The summed E-state index contributed by atoms with van der Waals surface area (Å²) in [6.07, 6.45) is 1.88. The summed E-state index contributed by atoms with van der Waals surface area (Å²) in [5.74, 6) is -0.0683. The van der Waals surface area contributed by atoms with Crippen molar-refractivity contribution >= 4 is 16.9 Å². The first kappa shape index (κ1) is 21.9. The van der Waals surface area contributed by atoms with Crippen LogP contribution < -0.4 is 5.43 Å². The van der Waals surface area contributed by atoms with Crippen LogP contribution in [-0.4, -0.2) is 30.1 Å². The first-order valence-corrected chi connectivity index (χ1v) is 11.8. The molecule has 0 N–H and O–H groups in total. The van der Waals surface area contributed by atoms with E-state index in [4.69, 9.17) is 9.15 Å². The fourth-order valence-corrected chi connectivity index (χ4v) is 4.98. The second-order valence-electron chi connectivity index (χ2n) is 10.5. The summed E-state index contributed by atoms with van der Waals surface area (Å²) in [5, 5.41) is 0.528. The summed E-state index contributed by atoms with van der Waals surface area (Å²) in [5.41, 5.74) is 4.99. The van der Waals surface area contributed by atoms with Gasteiger partial charge in [0.1, 0.15) is 5.58 Å². The van der Waals surface area contributed by atoms with Crippen molar-refractivity contribution in [2.75, 3.05) is 13.2 Å². The zero-order valence-corrected chi connectivity index (χ0v) is 20.0. The molecule has 1 aromatic heterocycles. The SMILES string of the molecule is Cc1cc2oc3c(c(=O)c2cc1C)[C@H](c1ccc(C(C)(C)C)cc1)N(C[C@H]1CCCO1)C3=O. The number of aryl methyl sites for hydroxylation is 2. The van der Waals surface area contributed by atoms with E-state index in [9.17, 15) is 9.59 Å². The first-order valence-electron chi connectivity index (χ1n) is 11.8. The molecule has 172 valence electrons. The van der Waals surface area contributed by atoms with Crippen LogP contribution in [0, 0.1) is 13.8 Å². The van der Waals surface area contributed by atoms with Crippen molar-refractivity contribution in [3.8, 4) is 0 Å². The molecule has 0 bridgehead atoms.